The minimum absolute atomic E-state index is 0.733. The molecule has 82 valence electrons. The van der Waals surface area contributed by atoms with Crippen molar-refractivity contribution in [1.29, 1.82) is 0 Å². The molecule has 0 saturated heterocycles. The normalized spacial score (nSPS) is 17.9. The number of nitrogens with one attached hydrogen (secondary N) is 1. The van der Waals surface area contributed by atoms with Gasteiger partial charge in [0, 0.05) is 23.9 Å². The highest BCUT2D eigenvalue weighted by molar-refractivity contribution is 7.09. The predicted octanol–water partition coefficient (Wildman–Crippen LogP) is 3.18. The van der Waals surface area contributed by atoms with Crippen LogP contribution in [-0.2, 0) is 13.0 Å². The summed E-state index contributed by atoms with van der Waals surface area (Å²) in [5.74, 6) is 0.733. The number of benzene rings is 1. The molecule has 1 heterocycles. The van der Waals surface area contributed by atoms with Crippen molar-refractivity contribution >= 4 is 11.3 Å². The van der Waals surface area contributed by atoms with Crippen LogP contribution in [0.2, 0.25) is 0 Å². The van der Waals surface area contributed by atoms with Crippen molar-refractivity contribution in [3.05, 3.63) is 57.8 Å². The third-order valence-electron chi connectivity index (χ3n) is 3.23. The number of thiophene rings is 1. The number of fused-ring (bicyclic) bond motifs is 1. The van der Waals surface area contributed by atoms with E-state index in [1.54, 1.807) is 5.56 Å². The van der Waals surface area contributed by atoms with E-state index < -0.39 is 0 Å². The first-order valence-electron chi connectivity index (χ1n) is 5.74. The van der Waals surface area contributed by atoms with Crippen LogP contribution in [0.3, 0.4) is 0 Å². The summed E-state index contributed by atoms with van der Waals surface area (Å²) in [4.78, 5) is 1.42. The highest BCUT2D eigenvalue weighted by Crippen LogP contribution is 2.34. The fourth-order valence-electron chi connectivity index (χ4n) is 2.33. The summed E-state index contributed by atoms with van der Waals surface area (Å²) in [5, 5.41) is 5.68. The van der Waals surface area contributed by atoms with Crippen LogP contribution >= 0.6 is 11.3 Å². The summed E-state index contributed by atoms with van der Waals surface area (Å²) in [5.41, 5.74) is 3.08. The average Bonchev–Trinajstić information content (AvgIpc) is 2.77. The molecule has 0 amide bonds. The van der Waals surface area contributed by atoms with E-state index >= 15 is 0 Å². The quantitative estimate of drug-likeness (QED) is 0.849. The molecule has 1 atom stereocenters. The smallest absolute Gasteiger partial charge is 0.0299 e. The van der Waals surface area contributed by atoms with Gasteiger partial charge in [0.05, 0.1) is 0 Å². The Morgan fingerprint density at radius 2 is 2.12 bits per heavy atom. The molecule has 0 saturated carbocycles. The first kappa shape index (κ1) is 10.1. The number of hydrogen-bond donors (Lipinski definition) is 1. The van der Waals surface area contributed by atoms with Gasteiger partial charge in [-0.3, -0.25) is 0 Å². The average molecular weight is 229 g/mol. The lowest BCUT2D eigenvalue weighted by molar-refractivity contribution is 0.537. The minimum Gasteiger partial charge on any atom is -0.311 e. The molecule has 3 rings (SSSR count). The largest absolute Gasteiger partial charge is 0.311 e. The molecule has 0 bridgehead atoms. The summed E-state index contributed by atoms with van der Waals surface area (Å²) in [6, 6.07) is 13.1. The zero-order chi connectivity index (χ0) is 10.8. The standard InChI is InChI=1S/C14H15NS/c1-2-6-14-11(4-1)8-12(14)9-15-10-13-5-3-7-16-13/h1-7,12,15H,8-10H2. The van der Waals surface area contributed by atoms with Crippen LogP contribution in [0, 0.1) is 0 Å². The van der Waals surface area contributed by atoms with Crippen molar-refractivity contribution in [2.45, 2.75) is 18.9 Å². The van der Waals surface area contributed by atoms with Gasteiger partial charge in [-0.05, 0) is 29.0 Å². The summed E-state index contributed by atoms with van der Waals surface area (Å²) in [6.45, 7) is 2.12. The van der Waals surface area contributed by atoms with Gasteiger partial charge in [0.1, 0.15) is 0 Å². The second kappa shape index (κ2) is 4.40. The van der Waals surface area contributed by atoms with E-state index in [4.69, 9.17) is 0 Å². The first-order valence-corrected chi connectivity index (χ1v) is 6.62. The predicted molar refractivity (Wildman–Crippen MR) is 68.9 cm³/mol. The molecule has 0 fully saturated rings. The van der Waals surface area contributed by atoms with Gasteiger partial charge in [-0.1, -0.05) is 30.3 Å². The molecule has 2 heteroatoms. The Morgan fingerprint density at radius 3 is 2.94 bits per heavy atom. The van der Waals surface area contributed by atoms with Crippen LogP contribution in [0.25, 0.3) is 0 Å². The van der Waals surface area contributed by atoms with Crippen molar-refractivity contribution in [2.24, 2.45) is 0 Å². The molecule has 1 unspecified atom stereocenters. The Bertz CT molecular complexity index is 461. The zero-order valence-electron chi connectivity index (χ0n) is 9.15. The molecule has 1 aliphatic carbocycles. The van der Waals surface area contributed by atoms with Crippen molar-refractivity contribution in [2.75, 3.05) is 6.54 Å². The molecular weight excluding hydrogens is 214 g/mol. The Kier molecular flexibility index (Phi) is 2.77. The third-order valence-corrected chi connectivity index (χ3v) is 4.11. The molecule has 1 aliphatic rings. The summed E-state index contributed by atoms with van der Waals surface area (Å²) >= 11 is 1.82. The summed E-state index contributed by atoms with van der Waals surface area (Å²) in [7, 11) is 0. The van der Waals surface area contributed by atoms with Gasteiger partial charge in [-0.25, -0.2) is 0 Å². The SMILES string of the molecule is c1csc(CNCC2Cc3ccccc32)c1. The fraction of sp³-hybridized carbons (Fsp3) is 0.286. The Hall–Kier alpha value is -1.12. The Labute approximate surface area is 100 Å². The molecule has 0 spiro atoms. The maximum atomic E-state index is 3.54. The third kappa shape index (κ3) is 1.91. The highest BCUT2D eigenvalue weighted by atomic mass is 32.1. The fourth-order valence-corrected chi connectivity index (χ4v) is 3.00. The van der Waals surface area contributed by atoms with Gasteiger partial charge in [0.2, 0.25) is 0 Å². The number of hydrogen-bond acceptors (Lipinski definition) is 2. The van der Waals surface area contributed by atoms with Gasteiger partial charge in [-0.15, -0.1) is 11.3 Å². The molecule has 1 aromatic heterocycles. The van der Waals surface area contributed by atoms with Crippen LogP contribution in [-0.4, -0.2) is 6.54 Å². The van der Waals surface area contributed by atoms with Crippen LogP contribution in [0.1, 0.15) is 21.9 Å². The van der Waals surface area contributed by atoms with E-state index in [1.807, 2.05) is 11.3 Å². The molecule has 2 aromatic rings. The Morgan fingerprint density at radius 1 is 1.19 bits per heavy atom. The highest BCUT2D eigenvalue weighted by Gasteiger charge is 2.24. The molecule has 0 radical (unpaired) electrons. The number of rotatable bonds is 4. The molecule has 1 aromatic carbocycles. The van der Waals surface area contributed by atoms with Gasteiger partial charge in [0.15, 0.2) is 0 Å². The topological polar surface area (TPSA) is 12.0 Å². The van der Waals surface area contributed by atoms with Crippen molar-refractivity contribution < 1.29 is 0 Å². The lowest BCUT2D eigenvalue weighted by Crippen LogP contribution is -2.28. The Balaban J connectivity index is 1.52. The van der Waals surface area contributed by atoms with E-state index in [2.05, 4.69) is 47.1 Å². The van der Waals surface area contributed by atoms with E-state index in [1.165, 1.54) is 16.9 Å². The molecule has 16 heavy (non-hydrogen) atoms. The summed E-state index contributed by atoms with van der Waals surface area (Å²) < 4.78 is 0. The van der Waals surface area contributed by atoms with Gasteiger partial charge < -0.3 is 5.32 Å². The monoisotopic (exact) mass is 229 g/mol. The van der Waals surface area contributed by atoms with Crippen LogP contribution in [0.5, 0.6) is 0 Å². The van der Waals surface area contributed by atoms with Crippen LogP contribution in [0.4, 0.5) is 0 Å². The minimum atomic E-state index is 0.733. The van der Waals surface area contributed by atoms with Gasteiger partial charge >= 0.3 is 0 Å². The van der Waals surface area contributed by atoms with Gasteiger partial charge in [-0.2, -0.15) is 0 Å². The van der Waals surface area contributed by atoms with Gasteiger partial charge in [0.25, 0.3) is 0 Å². The molecule has 1 nitrogen and oxygen atoms in total. The van der Waals surface area contributed by atoms with E-state index in [0.717, 1.165) is 19.0 Å². The van der Waals surface area contributed by atoms with Crippen LogP contribution in [0.15, 0.2) is 41.8 Å². The van der Waals surface area contributed by atoms with Crippen LogP contribution < -0.4 is 5.32 Å². The maximum Gasteiger partial charge on any atom is 0.0299 e. The molecule has 0 aliphatic heterocycles. The van der Waals surface area contributed by atoms with Crippen molar-refractivity contribution in [1.82, 2.24) is 5.32 Å². The second-order valence-electron chi connectivity index (χ2n) is 4.31. The summed E-state index contributed by atoms with van der Waals surface area (Å²) in [6.07, 6.45) is 1.24. The van der Waals surface area contributed by atoms with Crippen molar-refractivity contribution in [3.8, 4) is 0 Å². The first-order chi connectivity index (χ1) is 7.93. The maximum absolute atomic E-state index is 3.54. The van der Waals surface area contributed by atoms with E-state index in [0.29, 0.717) is 0 Å². The zero-order valence-corrected chi connectivity index (χ0v) is 9.96. The van der Waals surface area contributed by atoms with Crippen molar-refractivity contribution in [3.63, 3.8) is 0 Å². The lowest BCUT2D eigenvalue weighted by Gasteiger charge is -2.30. The van der Waals surface area contributed by atoms with E-state index in [-0.39, 0.29) is 0 Å². The second-order valence-corrected chi connectivity index (χ2v) is 5.34. The molecule has 1 N–H and O–H groups in total. The molecular formula is C14H15NS. The lowest BCUT2D eigenvalue weighted by atomic mass is 9.77. The van der Waals surface area contributed by atoms with E-state index in [9.17, 15) is 0 Å².